The lowest BCUT2D eigenvalue weighted by molar-refractivity contribution is -0.700. The predicted octanol–water partition coefficient (Wildman–Crippen LogP) is 2.26. The second kappa shape index (κ2) is 12.6. The van der Waals surface area contributed by atoms with Gasteiger partial charge in [-0.1, -0.05) is 42.1 Å². The molecule has 174 valence electrons. The van der Waals surface area contributed by atoms with Crippen LogP contribution in [0.4, 0.5) is 5.69 Å². The van der Waals surface area contributed by atoms with Crippen molar-refractivity contribution in [2.45, 2.75) is 31.7 Å². The summed E-state index contributed by atoms with van der Waals surface area (Å²) in [6.07, 6.45) is 7.06. The predicted molar refractivity (Wildman–Crippen MR) is 128 cm³/mol. The first-order valence-electron chi connectivity index (χ1n) is 10.3. The molecule has 0 fully saturated rings. The first-order chi connectivity index (χ1) is 15.7. The van der Waals surface area contributed by atoms with Crippen LogP contribution in [-0.2, 0) is 16.1 Å². The minimum Gasteiger partial charge on any atom is -0.550 e. The summed E-state index contributed by atoms with van der Waals surface area (Å²) in [4.78, 5) is 26.0. The summed E-state index contributed by atoms with van der Waals surface area (Å²) in [6.45, 7) is 3.67. The molecule has 0 aliphatic carbocycles. The quantitative estimate of drug-likeness (QED) is 0.559. The van der Waals surface area contributed by atoms with E-state index in [1.165, 1.54) is 26.4 Å². The third-order valence-electron chi connectivity index (χ3n) is 4.43. The molecule has 8 nitrogen and oxygen atoms in total. The molecule has 1 aliphatic rings. The zero-order chi connectivity index (χ0) is 24.4. The number of thioether (sulfide) groups is 1. The zero-order valence-electron chi connectivity index (χ0n) is 18.9. The van der Waals surface area contributed by atoms with Crippen LogP contribution in [0.2, 0.25) is 0 Å². The lowest BCUT2D eigenvalue weighted by Crippen LogP contribution is -2.34. The van der Waals surface area contributed by atoms with Crippen molar-refractivity contribution in [3.05, 3.63) is 65.7 Å². The Bertz CT molecular complexity index is 1110. The molecule has 2 aromatic carbocycles. The van der Waals surface area contributed by atoms with Gasteiger partial charge in [-0.25, -0.2) is 4.57 Å². The number of aliphatic carboxylic acids is 2. The van der Waals surface area contributed by atoms with E-state index in [0.717, 1.165) is 32.5 Å². The molecule has 3 N–H and O–H groups in total. The molecule has 2 heterocycles. The van der Waals surface area contributed by atoms with Crippen LogP contribution in [0, 0.1) is 0 Å². The Kier molecular flexibility index (Phi) is 9.84. The average Bonchev–Trinajstić information content (AvgIpc) is 3.08. The largest absolute Gasteiger partial charge is 0.550 e. The topological polar surface area (TPSA) is 123 Å². The number of fused-ring (bicyclic) bond motifs is 3. The molecular formula is C24H28N4O4S. The molecule has 1 aliphatic heterocycles. The highest BCUT2D eigenvalue weighted by Gasteiger charge is 2.24. The molecule has 0 saturated heterocycles. The highest BCUT2D eigenvalue weighted by Crippen LogP contribution is 2.48. The van der Waals surface area contributed by atoms with E-state index in [1.54, 1.807) is 11.8 Å². The molecule has 3 aromatic rings. The zero-order valence-corrected chi connectivity index (χ0v) is 19.7. The number of nitrogens with two attached hydrogens (primary N) is 1. The lowest BCUT2D eigenvalue weighted by Gasteiger charge is -2.15. The van der Waals surface area contributed by atoms with E-state index in [-0.39, 0.29) is 0 Å². The molecule has 4 rings (SSSR count). The number of aromatic nitrogens is 2. The minimum atomic E-state index is -1.08. The summed E-state index contributed by atoms with van der Waals surface area (Å²) >= 11 is 1.80. The van der Waals surface area contributed by atoms with Crippen molar-refractivity contribution < 1.29 is 24.4 Å². The third kappa shape index (κ3) is 7.89. The Labute approximate surface area is 197 Å². The van der Waals surface area contributed by atoms with E-state index >= 15 is 0 Å². The van der Waals surface area contributed by atoms with Crippen molar-refractivity contribution in [1.82, 2.24) is 4.98 Å². The number of nitrogens with zero attached hydrogens (tertiary/aromatic N) is 3. The maximum absolute atomic E-state index is 9.00. The number of hydrogen-bond donors (Lipinski definition) is 2. The van der Waals surface area contributed by atoms with Crippen LogP contribution < -0.4 is 20.3 Å². The number of hydrogen-bond acceptors (Lipinski definition) is 7. The van der Waals surface area contributed by atoms with E-state index in [9.17, 15) is 0 Å². The first-order valence-corrected chi connectivity index (χ1v) is 11.1. The number of carbonyl (C=O) groups excluding carboxylic acids is 1. The Hall–Kier alpha value is -3.43. The van der Waals surface area contributed by atoms with Gasteiger partial charge in [0.1, 0.15) is 0 Å². The van der Waals surface area contributed by atoms with Gasteiger partial charge in [-0.3, -0.25) is 4.79 Å². The van der Waals surface area contributed by atoms with Gasteiger partial charge in [-0.05, 0) is 36.3 Å². The number of anilines is 1. The van der Waals surface area contributed by atoms with Crippen LogP contribution in [0.25, 0.3) is 16.8 Å². The monoisotopic (exact) mass is 468 g/mol. The van der Waals surface area contributed by atoms with E-state index in [0.29, 0.717) is 6.54 Å². The number of benzene rings is 2. The van der Waals surface area contributed by atoms with E-state index in [2.05, 4.69) is 76.2 Å². The molecule has 0 unspecified atom stereocenters. The molecule has 9 heteroatoms. The first kappa shape index (κ1) is 25.8. The smallest absolute Gasteiger partial charge is 0.300 e. The second-order valence-electron chi connectivity index (χ2n) is 7.15. The maximum Gasteiger partial charge on any atom is 0.300 e. The molecule has 0 radical (unpaired) electrons. The average molecular weight is 469 g/mol. The SMILES string of the molecule is CC(=O)O.CC(=O)[O-].CN1C(=Cc2cc[n+](CCCN)cn2)Sc2ccc3ccccc3c21. The van der Waals surface area contributed by atoms with Crippen molar-refractivity contribution >= 4 is 46.2 Å². The van der Waals surface area contributed by atoms with Crippen LogP contribution in [0.3, 0.4) is 0 Å². The van der Waals surface area contributed by atoms with E-state index in [4.69, 9.17) is 25.5 Å². The van der Waals surface area contributed by atoms with E-state index in [1.807, 2.05) is 6.33 Å². The fraction of sp³-hybridized carbons (Fsp3) is 0.250. The summed E-state index contributed by atoms with van der Waals surface area (Å²) in [5.41, 5.74) is 7.81. The van der Waals surface area contributed by atoms with Crippen molar-refractivity contribution in [1.29, 1.82) is 0 Å². The number of carboxylic acids is 2. The van der Waals surface area contributed by atoms with Gasteiger partial charge in [0, 0.05) is 42.4 Å². The highest BCUT2D eigenvalue weighted by atomic mass is 32.2. The molecular weight excluding hydrogens is 440 g/mol. The number of rotatable bonds is 4. The van der Waals surface area contributed by atoms with Gasteiger partial charge in [-0.15, -0.1) is 0 Å². The summed E-state index contributed by atoms with van der Waals surface area (Å²) in [6, 6.07) is 15.0. The fourth-order valence-corrected chi connectivity index (χ4v) is 4.21. The lowest BCUT2D eigenvalue weighted by atomic mass is 10.1. The number of aryl methyl sites for hydroxylation is 1. The summed E-state index contributed by atoms with van der Waals surface area (Å²) in [7, 11) is 2.13. The van der Waals surface area contributed by atoms with Gasteiger partial charge in [-0.2, -0.15) is 0 Å². The second-order valence-corrected chi connectivity index (χ2v) is 8.22. The summed E-state index contributed by atoms with van der Waals surface area (Å²) in [5, 5.41) is 20.1. The Morgan fingerprint density at radius 3 is 2.48 bits per heavy atom. The van der Waals surface area contributed by atoms with Gasteiger partial charge in [0.05, 0.1) is 23.5 Å². The standard InChI is InChI=1S/C20H21N4S.2C2H4O2/c1-23-19(13-16-9-12-24(14-22-16)11-4-10-21)25-18-8-7-15-5-2-3-6-17(15)20(18)23;2*1-2(3)4/h2-3,5-9,12-14H,4,10-11,21H2,1H3;2*1H3,(H,3,4)/q+1;;/p-1. The van der Waals surface area contributed by atoms with E-state index < -0.39 is 11.9 Å². The Morgan fingerprint density at radius 2 is 1.88 bits per heavy atom. The van der Waals surface area contributed by atoms with Crippen LogP contribution >= 0.6 is 11.8 Å². The van der Waals surface area contributed by atoms with Crippen LogP contribution in [0.1, 0.15) is 26.0 Å². The van der Waals surface area contributed by atoms with Crippen LogP contribution in [-0.4, -0.2) is 35.6 Å². The number of carbonyl (C=O) groups is 2. The highest BCUT2D eigenvalue weighted by molar-refractivity contribution is 8.04. The van der Waals surface area contributed by atoms with Gasteiger partial charge in [0.15, 0.2) is 5.69 Å². The molecule has 0 saturated carbocycles. The molecule has 0 amide bonds. The molecule has 0 bridgehead atoms. The van der Waals surface area contributed by atoms with Crippen molar-refractivity contribution in [3.63, 3.8) is 0 Å². The normalized spacial score (nSPS) is 13.0. The van der Waals surface area contributed by atoms with Crippen LogP contribution in [0.5, 0.6) is 0 Å². The molecule has 1 aromatic heterocycles. The fourth-order valence-electron chi connectivity index (χ4n) is 3.09. The summed E-state index contributed by atoms with van der Waals surface area (Å²) in [5.74, 6) is -1.92. The van der Waals surface area contributed by atoms with Gasteiger partial charge in [0.25, 0.3) is 12.3 Å². The van der Waals surface area contributed by atoms with Crippen LogP contribution in [0.15, 0.2) is 64.9 Å². The van der Waals surface area contributed by atoms with Crippen molar-refractivity contribution in [2.24, 2.45) is 5.73 Å². The summed E-state index contributed by atoms with van der Waals surface area (Å²) < 4.78 is 2.07. The minimum absolute atomic E-state index is 0.701. The van der Waals surface area contributed by atoms with Crippen molar-refractivity contribution in [3.8, 4) is 0 Å². The molecule has 0 atom stereocenters. The molecule has 33 heavy (non-hydrogen) atoms. The number of carboxylic acid groups (broad SMARTS) is 2. The van der Waals surface area contributed by atoms with Gasteiger partial charge in [0.2, 0.25) is 0 Å². The van der Waals surface area contributed by atoms with Gasteiger partial charge < -0.3 is 25.6 Å². The Morgan fingerprint density at radius 1 is 1.21 bits per heavy atom. The Balaban J connectivity index is 0.000000420. The van der Waals surface area contributed by atoms with Gasteiger partial charge >= 0.3 is 0 Å². The van der Waals surface area contributed by atoms with Crippen molar-refractivity contribution in [2.75, 3.05) is 18.5 Å². The third-order valence-corrected chi connectivity index (χ3v) is 5.58. The maximum atomic E-state index is 9.00. The molecule has 0 spiro atoms.